The maximum Gasteiger partial charge on any atom is 0.269 e. The number of benzene rings is 2. The molecular formula is C28H35N3O2. The molecule has 2 bridgehead atoms. The van der Waals surface area contributed by atoms with Crippen LogP contribution in [-0.4, -0.2) is 29.0 Å². The van der Waals surface area contributed by atoms with Crippen LogP contribution in [0, 0.1) is 22.0 Å². The number of hydrogen-bond acceptors (Lipinski definition) is 4. The van der Waals surface area contributed by atoms with Gasteiger partial charge in [-0.15, -0.1) is 0 Å². The number of fused-ring (bicyclic) bond motifs is 1. The molecule has 0 aromatic heterocycles. The minimum atomic E-state index is -0.321. The Labute approximate surface area is 196 Å². The maximum absolute atomic E-state index is 11.1. The summed E-state index contributed by atoms with van der Waals surface area (Å²) in [4.78, 5) is 13.7. The summed E-state index contributed by atoms with van der Waals surface area (Å²) in [5.41, 5.74) is 5.78. The summed E-state index contributed by atoms with van der Waals surface area (Å²) >= 11 is 0. The lowest BCUT2D eigenvalue weighted by Crippen LogP contribution is -2.61. The lowest BCUT2D eigenvalue weighted by molar-refractivity contribution is -0.384. The van der Waals surface area contributed by atoms with Gasteiger partial charge in [0.1, 0.15) is 0 Å². The highest BCUT2D eigenvalue weighted by atomic mass is 16.6. The highest BCUT2D eigenvalue weighted by molar-refractivity contribution is 5.54. The number of anilines is 1. The van der Waals surface area contributed by atoms with E-state index in [-0.39, 0.29) is 10.6 Å². The normalized spacial score (nSPS) is 29.0. The Morgan fingerprint density at radius 3 is 2.79 bits per heavy atom. The standard InChI is InChI=1S/C28H35N3O2/c32-31(33)24-8-4-7-21(15-24)18-29-23-11-10-22-16-27-25-9-1-2-12-28(25,26(22)17-23)13-14-30(27)19-20-5-3-6-20/h4,7-8,10-11,15,17,20,25,27,29H,1-3,5-6,9,12-14,16,18-19H2/t25-,27+,28+/m0/s1. The zero-order valence-corrected chi connectivity index (χ0v) is 19.5. The van der Waals surface area contributed by atoms with Gasteiger partial charge in [0.2, 0.25) is 0 Å². The van der Waals surface area contributed by atoms with Gasteiger partial charge in [-0.1, -0.05) is 37.5 Å². The Bertz CT molecular complexity index is 1050. The Balaban J connectivity index is 1.25. The van der Waals surface area contributed by atoms with Crippen molar-refractivity contribution in [3.05, 3.63) is 69.3 Å². The first kappa shape index (κ1) is 21.2. The maximum atomic E-state index is 11.1. The van der Waals surface area contributed by atoms with E-state index < -0.39 is 0 Å². The molecule has 3 atom stereocenters. The molecule has 5 heteroatoms. The second kappa shape index (κ2) is 8.43. The van der Waals surface area contributed by atoms with Crippen LogP contribution < -0.4 is 5.32 Å². The molecule has 2 aromatic carbocycles. The average Bonchev–Trinajstić information content (AvgIpc) is 2.81. The van der Waals surface area contributed by atoms with E-state index in [1.807, 2.05) is 6.07 Å². The van der Waals surface area contributed by atoms with E-state index in [0.717, 1.165) is 29.1 Å². The number of nitro groups is 1. The van der Waals surface area contributed by atoms with Crippen LogP contribution in [0.2, 0.25) is 0 Å². The zero-order chi connectivity index (χ0) is 22.4. The molecule has 6 rings (SSSR count). The lowest BCUT2D eigenvalue weighted by atomic mass is 9.52. The van der Waals surface area contributed by atoms with Crippen molar-refractivity contribution in [3.8, 4) is 0 Å². The number of likely N-dealkylation sites (tertiary alicyclic amines) is 1. The largest absolute Gasteiger partial charge is 0.381 e. The van der Waals surface area contributed by atoms with Crippen LogP contribution in [0.4, 0.5) is 11.4 Å². The summed E-state index contributed by atoms with van der Waals surface area (Å²) in [7, 11) is 0. The Hall–Kier alpha value is -2.40. The fourth-order valence-electron chi connectivity index (χ4n) is 7.41. The SMILES string of the molecule is O=[N+]([O-])c1cccc(CNc2ccc3c(c2)[C@@]24CCCC[C@H]2[C@@H](C3)N(CC2CCC2)CC4)c1. The minimum absolute atomic E-state index is 0.156. The molecule has 1 N–H and O–H groups in total. The fourth-order valence-corrected chi connectivity index (χ4v) is 7.41. The number of nitrogens with zero attached hydrogens (tertiary/aromatic N) is 2. The number of rotatable bonds is 6. The van der Waals surface area contributed by atoms with Gasteiger partial charge in [0.05, 0.1) is 4.92 Å². The fraction of sp³-hybridized carbons (Fsp3) is 0.571. The predicted molar refractivity (Wildman–Crippen MR) is 132 cm³/mol. The van der Waals surface area contributed by atoms with Crippen molar-refractivity contribution in [3.63, 3.8) is 0 Å². The topological polar surface area (TPSA) is 58.4 Å². The first-order chi connectivity index (χ1) is 16.1. The molecule has 4 aliphatic rings. The second-order valence-electron chi connectivity index (χ2n) is 11.0. The van der Waals surface area contributed by atoms with Crippen LogP contribution in [0.1, 0.15) is 68.1 Å². The van der Waals surface area contributed by atoms with Crippen molar-refractivity contribution in [1.29, 1.82) is 0 Å². The molecule has 174 valence electrons. The first-order valence-electron chi connectivity index (χ1n) is 13.0. The van der Waals surface area contributed by atoms with Gasteiger partial charge < -0.3 is 5.32 Å². The van der Waals surface area contributed by atoms with Crippen LogP contribution in [-0.2, 0) is 18.4 Å². The first-order valence-corrected chi connectivity index (χ1v) is 13.0. The predicted octanol–water partition coefficient (Wildman–Crippen LogP) is 6.07. The van der Waals surface area contributed by atoms with Crippen molar-refractivity contribution in [2.45, 2.75) is 75.8 Å². The Kier molecular flexibility index (Phi) is 5.40. The molecule has 2 saturated carbocycles. The molecule has 1 heterocycles. The quantitative estimate of drug-likeness (QED) is 0.433. The van der Waals surface area contributed by atoms with Gasteiger partial charge in [0, 0.05) is 42.4 Å². The van der Waals surface area contributed by atoms with E-state index >= 15 is 0 Å². The second-order valence-corrected chi connectivity index (χ2v) is 11.0. The molecule has 33 heavy (non-hydrogen) atoms. The number of non-ortho nitro benzene ring substituents is 1. The summed E-state index contributed by atoms with van der Waals surface area (Å²) in [5, 5.41) is 14.7. The Morgan fingerprint density at radius 1 is 1.06 bits per heavy atom. The van der Waals surface area contributed by atoms with E-state index in [4.69, 9.17) is 0 Å². The van der Waals surface area contributed by atoms with Gasteiger partial charge in [-0.25, -0.2) is 0 Å². The van der Waals surface area contributed by atoms with Gasteiger partial charge in [-0.05, 0) is 85.7 Å². The highest BCUT2D eigenvalue weighted by Crippen LogP contribution is 2.56. The van der Waals surface area contributed by atoms with E-state index in [1.165, 1.54) is 70.9 Å². The van der Waals surface area contributed by atoms with Gasteiger partial charge in [0.15, 0.2) is 0 Å². The Morgan fingerprint density at radius 2 is 1.97 bits per heavy atom. The minimum Gasteiger partial charge on any atom is -0.381 e. The van der Waals surface area contributed by atoms with Gasteiger partial charge in [-0.2, -0.15) is 0 Å². The summed E-state index contributed by atoms with van der Waals surface area (Å²) in [5.74, 6) is 1.75. The third-order valence-electron chi connectivity index (χ3n) is 9.29. The van der Waals surface area contributed by atoms with Gasteiger partial charge >= 0.3 is 0 Å². The van der Waals surface area contributed by atoms with Gasteiger partial charge in [0.25, 0.3) is 5.69 Å². The number of hydrogen-bond donors (Lipinski definition) is 1. The van der Waals surface area contributed by atoms with E-state index in [1.54, 1.807) is 29.3 Å². The summed E-state index contributed by atoms with van der Waals surface area (Å²) < 4.78 is 0. The third-order valence-corrected chi connectivity index (χ3v) is 9.29. The summed E-state index contributed by atoms with van der Waals surface area (Å²) in [6.07, 6.45) is 12.3. The molecule has 1 saturated heterocycles. The molecule has 0 unspecified atom stereocenters. The molecule has 0 radical (unpaired) electrons. The van der Waals surface area contributed by atoms with E-state index in [0.29, 0.717) is 12.0 Å². The number of nitrogens with one attached hydrogen (secondary N) is 1. The molecule has 2 aromatic rings. The van der Waals surface area contributed by atoms with Crippen molar-refractivity contribution in [2.24, 2.45) is 11.8 Å². The lowest BCUT2D eigenvalue weighted by Gasteiger charge is -2.59. The van der Waals surface area contributed by atoms with E-state index in [9.17, 15) is 10.1 Å². The molecular weight excluding hydrogens is 410 g/mol. The van der Waals surface area contributed by atoms with Crippen molar-refractivity contribution in [2.75, 3.05) is 18.4 Å². The average molecular weight is 446 g/mol. The number of nitro benzene ring substituents is 1. The smallest absolute Gasteiger partial charge is 0.269 e. The van der Waals surface area contributed by atoms with Crippen LogP contribution in [0.5, 0.6) is 0 Å². The monoisotopic (exact) mass is 445 g/mol. The molecule has 0 amide bonds. The molecule has 5 nitrogen and oxygen atoms in total. The van der Waals surface area contributed by atoms with Crippen LogP contribution in [0.3, 0.4) is 0 Å². The van der Waals surface area contributed by atoms with Crippen LogP contribution >= 0.6 is 0 Å². The summed E-state index contributed by atoms with van der Waals surface area (Å²) in [6.45, 7) is 3.20. The number of piperidine rings is 1. The van der Waals surface area contributed by atoms with Crippen molar-refractivity contribution >= 4 is 11.4 Å². The molecule has 0 spiro atoms. The third kappa shape index (κ3) is 3.74. The van der Waals surface area contributed by atoms with Crippen molar-refractivity contribution in [1.82, 2.24) is 4.90 Å². The van der Waals surface area contributed by atoms with Gasteiger partial charge in [-0.3, -0.25) is 15.0 Å². The van der Waals surface area contributed by atoms with Crippen molar-refractivity contribution < 1.29 is 4.92 Å². The molecule has 3 fully saturated rings. The summed E-state index contributed by atoms with van der Waals surface area (Å²) in [6, 6.07) is 14.7. The zero-order valence-electron chi connectivity index (χ0n) is 19.5. The highest BCUT2D eigenvalue weighted by Gasteiger charge is 2.53. The van der Waals surface area contributed by atoms with E-state index in [2.05, 4.69) is 28.4 Å². The van der Waals surface area contributed by atoms with Crippen LogP contribution in [0.15, 0.2) is 42.5 Å². The molecule has 1 aliphatic heterocycles. The van der Waals surface area contributed by atoms with Crippen LogP contribution in [0.25, 0.3) is 0 Å². The molecule has 3 aliphatic carbocycles.